The molecule has 20 heavy (non-hydrogen) atoms. The summed E-state index contributed by atoms with van der Waals surface area (Å²) in [5.74, 6) is 0.698. The minimum Gasteiger partial charge on any atom is -0.352 e. The van der Waals surface area contributed by atoms with E-state index in [-0.39, 0.29) is 5.91 Å². The van der Waals surface area contributed by atoms with E-state index in [1.165, 1.54) is 36.9 Å². The lowest BCUT2D eigenvalue weighted by molar-refractivity contribution is 0.0947. The molecule has 1 aromatic rings. The molecular weight excluding hydrogens is 248 g/mol. The van der Waals surface area contributed by atoms with Gasteiger partial charge < -0.3 is 10.2 Å². The molecule has 3 rings (SSSR count). The van der Waals surface area contributed by atoms with Crippen molar-refractivity contribution < 1.29 is 4.79 Å². The normalized spacial score (nSPS) is 23.0. The molecule has 1 aliphatic carbocycles. The van der Waals surface area contributed by atoms with Gasteiger partial charge in [-0.3, -0.25) is 4.79 Å². The fourth-order valence-electron chi connectivity index (χ4n) is 3.02. The lowest BCUT2D eigenvalue weighted by Crippen LogP contribution is -2.31. The van der Waals surface area contributed by atoms with Crippen LogP contribution in [0.2, 0.25) is 0 Å². The summed E-state index contributed by atoms with van der Waals surface area (Å²) in [4.78, 5) is 14.8. The number of amides is 1. The molecule has 1 saturated carbocycles. The Morgan fingerprint density at radius 1 is 1.25 bits per heavy atom. The van der Waals surface area contributed by atoms with Crippen LogP contribution in [0.3, 0.4) is 0 Å². The van der Waals surface area contributed by atoms with Gasteiger partial charge in [-0.25, -0.2) is 0 Å². The van der Waals surface area contributed by atoms with E-state index in [9.17, 15) is 4.79 Å². The predicted octanol–water partition coefficient (Wildman–Crippen LogP) is 2.52. The minimum atomic E-state index is 0.0676. The van der Waals surface area contributed by atoms with Crippen LogP contribution in [0.1, 0.15) is 40.7 Å². The molecule has 2 fully saturated rings. The van der Waals surface area contributed by atoms with Crippen molar-refractivity contribution in [2.24, 2.45) is 5.92 Å². The first-order chi connectivity index (χ1) is 9.63. The first-order valence-electron chi connectivity index (χ1n) is 7.73. The number of rotatable bonds is 4. The Morgan fingerprint density at radius 3 is 2.75 bits per heavy atom. The zero-order chi connectivity index (χ0) is 14.1. The van der Waals surface area contributed by atoms with Crippen LogP contribution < -0.4 is 5.32 Å². The van der Waals surface area contributed by atoms with Crippen LogP contribution in [-0.4, -0.2) is 36.5 Å². The number of carbonyl (C=O) groups is 1. The van der Waals surface area contributed by atoms with Crippen LogP contribution in [0.4, 0.5) is 0 Å². The van der Waals surface area contributed by atoms with Crippen molar-refractivity contribution in [3.8, 4) is 0 Å². The molecule has 0 radical (unpaired) electrons. The monoisotopic (exact) mass is 272 g/mol. The first kappa shape index (κ1) is 13.6. The Bertz CT molecular complexity index is 508. The second kappa shape index (κ2) is 5.57. The Hall–Kier alpha value is -1.35. The molecule has 1 heterocycles. The molecule has 3 nitrogen and oxygen atoms in total. The van der Waals surface area contributed by atoms with Crippen LogP contribution >= 0.6 is 0 Å². The highest BCUT2D eigenvalue weighted by atomic mass is 16.1. The number of nitrogens with one attached hydrogen (secondary N) is 1. The molecule has 108 valence electrons. The van der Waals surface area contributed by atoms with Crippen molar-refractivity contribution in [1.29, 1.82) is 0 Å². The Labute approximate surface area is 121 Å². The van der Waals surface area contributed by atoms with Gasteiger partial charge in [-0.15, -0.1) is 0 Å². The van der Waals surface area contributed by atoms with Gasteiger partial charge in [-0.05, 0) is 68.8 Å². The number of nitrogens with zero attached hydrogens (tertiary/aromatic N) is 1. The van der Waals surface area contributed by atoms with Gasteiger partial charge in [0, 0.05) is 24.7 Å². The number of hydrogen-bond acceptors (Lipinski definition) is 2. The molecule has 1 amide bonds. The average molecular weight is 272 g/mol. The summed E-state index contributed by atoms with van der Waals surface area (Å²) >= 11 is 0. The highest BCUT2D eigenvalue weighted by Gasteiger charge is 2.34. The maximum atomic E-state index is 12.2. The zero-order valence-electron chi connectivity index (χ0n) is 12.5. The number of aryl methyl sites for hydroxylation is 2. The molecule has 1 atom stereocenters. The standard InChI is InChI=1S/C17H24N2O/c1-12-3-4-15(9-13(12)2)17(20)18-10-14-7-8-19(11-14)16-5-6-16/h3-4,9,14,16H,5-8,10-11H2,1-2H3,(H,18,20). The maximum absolute atomic E-state index is 12.2. The molecule has 1 saturated heterocycles. The van der Waals surface area contributed by atoms with Gasteiger partial charge in [0.05, 0.1) is 0 Å². The third kappa shape index (κ3) is 3.04. The zero-order valence-corrected chi connectivity index (χ0v) is 12.5. The Morgan fingerprint density at radius 2 is 2.05 bits per heavy atom. The maximum Gasteiger partial charge on any atom is 0.251 e. The summed E-state index contributed by atoms with van der Waals surface area (Å²) in [5, 5.41) is 3.10. The number of likely N-dealkylation sites (tertiary alicyclic amines) is 1. The van der Waals surface area contributed by atoms with E-state index in [2.05, 4.69) is 24.1 Å². The Balaban J connectivity index is 1.50. The van der Waals surface area contributed by atoms with Crippen molar-refractivity contribution in [1.82, 2.24) is 10.2 Å². The smallest absolute Gasteiger partial charge is 0.251 e. The van der Waals surface area contributed by atoms with E-state index in [1.54, 1.807) is 0 Å². The molecule has 1 aromatic carbocycles. The number of hydrogen-bond donors (Lipinski definition) is 1. The van der Waals surface area contributed by atoms with E-state index in [1.807, 2.05) is 18.2 Å². The van der Waals surface area contributed by atoms with E-state index < -0.39 is 0 Å². The second-order valence-corrected chi connectivity index (χ2v) is 6.39. The highest BCUT2D eigenvalue weighted by molar-refractivity contribution is 5.94. The summed E-state index contributed by atoms with van der Waals surface area (Å²) in [6, 6.07) is 6.78. The third-order valence-corrected chi connectivity index (χ3v) is 4.70. The van der Waals surface area contributed by atoms with Gasteiger partial charge in [-0.2, -0.15) is 0 Å². The van der Waals surface area contributed by atoms with E-state index >= 15 is 0 Å². The van der Waals surface area contributed by atoms with Crippen molar-refractivity contribution in [3.63, 3.8) is 0 Å². The molecule has 1 aliphatic heterocycles. The van der Waals surface area contributed by atoms with Crippen molar-refractivity contribution in [2.75, 3.05) is 19.6 Å². The summed E-state index contributed by atoms with van der Waals surface area (Å²) in [6.45, 7) is 7.32. The average Bonchev–Trinajstić information content (AvgIpc) is 3.18. The number of carbonyl (C=O) groups excluding carboxylic acids is 1. The summed E-state index contributed by atoms with van der Waals surface area (Å²) in [7, 11) is 0. The summed E-state index contributed by atoms with van der Waals surface area (Å²) in [6.07, 6.45) is 3.98. The fraction of sp³-hybridized carbons (Fsp3) is 0.588. The van der Waals surface area contributed by atoms with E-state index in [0.717, 1.165) is 24.7 Å². The minimum absolute atomic E-state index is 0.0676. The topological polar surface area (TPSA) is 32.3 Å². The van der Waals surface area contributed by atoms with Gasteiger partial charge in [0.1, 0.15) is 0 Å². The van der Waals surface area contributed by atoms with Gasteiger partial charge in [0.15, 0.2) is 0 Å². The largest absolute Gasteiger partial charge is 0.352 e. The summed E-state index contributed by atoms with van der Waals surface area (Å²) in [5.41, 5.74) is 3.20. The van der Waals surface area contributed by atoms with Crippen LogP contribution in [0.15, 0.2) is 18.2 Å². The van der Waals surface area contributed by atoms with Crippen LogP contribution in [0.5, 0.6) is 0 Å². The van der Waals surface area contributed by atoms with Gasteiger partial charge in [-0.1, -0.05) is 6.07 Å². The van der Waals surface area contributed by atoms with Crippen molar-refractivity contribution >= 4 is 5.91 Å². The Kier molecular flexibility index (Phi) is 3.79. The first-order valence-corrected chi connectivity index (χ1v) is 7.73. The van der Waals surface area contributed by atoms with E-state index in [0.29, 0.717) is 5.92 Å². The molecule has 0 aromatic heterocycles. The summed E-state index contributed by atoms with van der Waals surface area (Å²) < 4.78 is 0. The molecule has 1 N–H and O–H groups in total. The lowest BCUT2D eigenvalue weighted by Gasteiger charge is -2.15. The lowest BCUT2D eigenvalue weighted by atomic mass is 10.1. The van der Waals surface area contributed by atoms with E-state index in [4.69, 9.17) is 0 Å². The molecule has 2 aliphatic rings. The third-order valence-electron chi connectivity index (χ3n) is 4.70. The molecular formula is C17H24N2O. The van der Waals surface area contributed by atoms with Crippen LogP contribution in [-0.2, 0) is 0 Å². The molecule has 1 unspecified atom stereocenters. The second-order valence-electron chi connectivity index (χ2n) is 6.39. The van der Waals surface area contributed by atoms with Crippen LogP contribution in [0, 0.1) is 19.8 Å². The molecule has 3 heteroatoms. The molecule has 0 spiro atoms. The van der Waals surface area contributed by atoms with Gasteiger partial charge in [0.25, 0.3) is 5.91 Å². The SMILES string of the molecule is Cc1ccc(C(=O)NCC2CCN(C3CC3)C2)cc1C. The molecule has 0 bridgehead atoms. The fourth-order valence-corrected chi connectivity index (χ4v) is 3.02. The quantitative estimate of drug-likeness (QED) is 0.913. The number of benzene rings is 1. The van der Waals surface area contributed by atoms with Gasteiger partial charge in [0.2, 0.25) is 0 Å². The van der Waals surface area contributed by atoms with Crippen molar-refractivity contribution in [3.05, 3.63) is 34.9 Å². The van der Waals surface area contributed by atoms with Crippen LogP contribution in [0.25, 0.3) is 0 Å². The highest BCUT2D eigenvalue weighted by Crippen LogP contribution is 2.31. The van der Waals surface area contributed by atoms with Gasteiger partial charge >= 0.3 is 0 Å². The van der Waals surface area contributed by atoms with Crippen molar-refractivity contribution in [2.45, 2.75) is 39.2 Å². The predicted molar refractivity (Wildman–Crippen MR) is 81.0 cm³/mol.